The Balaban J connectivity index is 2.59. The van der Waals surface area contributed by atoms with Crippen LogP contribution < -0.4 is 11.2 Å². The molecule has 1 aromatic rings. The maximum atomic E-state index is 11.6. The lowest BCUT2D eigenvalue weighted by molar-refractivity contribution is -0.325. The Morgan fingerprint density at radius 1 is 1.40 bits per heavy atom. The molecule has 0 fully saturated rings. The molecular weight excluding hydrogens is 217 g/mol. The lowest BCUT2D eigenvalue weighted by Crippen LogP contribution is -2.30. The first-order valence-corrected chi connectivity index (χ1v) is 3.89. The summed E-state index contributed by atoms with van der Waals surface area (Å²) in [5, 5.41) is 0. The summed E-state index contributed by atoms with van der Waals surface area (Å²) in [6.07, 6.45) is -3.62. The van der Waals surface area contributed by atoms with Gasteiger partial charge in [-0.3, -0.25) is 19.1 Å². The summed E-state index contributed by atoms with van der Waals surface area (Å²) in [6.45, 7) is -0.968. The maximum Gasteiger partial charge on any atom is 0.522 e. The number of nitrogens with one attached hydrogen (secondary N) is 1. The monoisotopic (exact) mass is 224 g/mol. The minimum Gasteiger partial charge on any atom is -0.298 e. The minimum absolute atomic E-state index is 0.283. The van der Waals surface area contributed by atoms with Crippen molar-refractivity contribution < 1.29 is 17.9 Å². The van der Waals surface area contributed by atoms with Crippen LogP contribution in [-0.2, 0) is 11.3 Å². The Morgan fingerprint density at radius 2 is 2.07 bits per heavy atom. The molecule has 8 heteroatoms. The standard InChI is InChI=1S/C7H7F3N2O3/c8-7(9,10)15-4-3-12-2-1-5(13)11-6(12)14/h1-2H,3-4H2,(H,11,13,14). The molecule has 5 nitrogen and oxygen atoms in total. The summed E-state index contributed by atoms with van der Waals surface area (Å²) in [7, 11) is 0. The average molecular weight is 224 g/mol. The van der Waals surface area contributed by atoms with Crippen LogP contribution >= 0.6 is 0 Å². The van der Waals surface area contributed by atoms with Crippen molar-refractivity contribution in [2.75, 3.05) is 6.61 Å². The zero-order chi connectivity index (χ0) is 11.5. The Kier molecular flexibility index (Phi) is 3.30. The quantitative estimate of drug-likeness (QED) is 0.790. The highest BCUT2D eigenvalue weighted by Gasteiger charge is 2.28. The summed E-state index contributed by atoms with van der Waals surface area (Å²) in [4.78, 5) is 23.5. The van der Waals surface area contributed by atoms with Crippen LogP contribution in [0.3, 0.4) is 0 Å². The van der Waals surface area contributed by atoms with Crippen LogP contribution in [0.25, 0.3) is 0 Å². The van der Waals surface area contributed by atoms with Gasteiger partial charge in [0.2, 0.25) is 0 Å². The van der Waals surface area contributed by atoms with E-state index in [4.69, 9.17) is 0 Å². The summed E-state index contributed by atoms with van der Waals surface area (Å²) < 4.78 is 39.0. The van der Waals surface area contributed by atoms with Gasteiger partial charge in [-0.1, -0.05) is 0 Å². The van der Waals surface area contributed by atoms with Gasteiger partial charge < -0.3 is 0 Å². The van der Waals surface area contributed by atoms with Crippen LogP contribution in [0, 0.1) is 0 Å². The number of alkyl halides is 3. The zero-order valence-corrected chi connectivity index (χ0v) is 7.37. The molecule has 1 rings (SSSR count). The van der Waals surface area contributed by atoms with Crippen molar-refractivity contribution >= 4 is 0 Å². The molecule has 84 valence electrons. The van der Waals surface area contributed by atoms with Crippen LogP contribution in [0.4, 0.5) is 13.2 Å². The molecular formula is C7H7F3N2O3. The second kappa shape index (κ2) is 4.30. The first-order chi connectivity index (χ1) is 6.88. The van der Waals surface area contributed by atoms with Crippen molar-refractivity contribution in [3.8, 4) is 0 Å². The normalized spacial score (nSPS) is 11.7. The molecule has 0 saturated carbocycles. The Bertz CT molecular complexity index is 434. The predicted molar refractivity (Wildman–Crippen MR) is 43.3 cm³/mol. The van der Waals surface area contributed by atoms with Gasteiger partial charge in [0.15, 0.2) is 0 Å². The number of H-pyrrole nitrogens is 1. The first kappa shape index (κ1) is 11.5. The van der Waals surface area contributed by atoms with E-state index in [1.54, 1.807) is 0 Å². The van der Waals surface area contributed by atoms with Crippen molar-refractivity contribution in [3.05, 3.63) is 33.1 Å². The van der Waals surface area contributed by atoms with Gasteiger partial charge in [-0.05, 0) is 0 Å². The molecule has 0 aliphatic heterocycles. The van der Waals surface area contributed by atoms with E-state index in [1.807, 2.05) is 4.98 Å². The molecule has 0 saturated heterocycles. The number of halogens is 3. The van der Waals surface area contributed by atoms with Crippen LogP contribution in [0.15, 0.2) is 21.9 Å². The molecule has 0 radical (unpaired) electrons. The van der Waals surface area contributed by atoms with Gasteiger partial charge in [0, 0.05) is 12.3 Å². The average Bonchev–Trinajstić information content (AvgIpc) is 2.07. The predicted octanol–water partition coefficient (Wildman–Crippen LogP) is 0.0730. The molecule has 15 heavy (non-hydrogen) atoms. The van der Waals surface area contributed by atoms with E-state index in [0.29, 0.717) is 0 Å². The van der Waals surface area contributed by atoms with Gasteiger partial charge in [0.25, 0.3) is 5.56 Å². The number of aromatic nitrogens is 2. The van der Waals surface area contributed by atoms with Gasteiger partial charge >= 0.3 is 12.1 Å². The van der Waals surface area contributed by atoms with E-state index in [-0.39, 0.29) is 6.54 Å². The number of aromatic amines is 1. The second-order valence-corrected chi connectivity index (χ2v) is 2.60. The molecule has 0 bridgehead atoms. The third kappa shape index (κ3) is 3.98. The van der Waals surface area contributed by atoms with Gasteiger partial charge in [-0.2, -0.15) is 0 Å². The zero-order valence-electron chi connectivity index (χ0n) is 7.37. The van der Waals surface area contributed by atoms with Crippen LogP contribution in [0.5, 0.6) is 0 Å². The molecule has 1 heterocycles. The lowest BCUT2D eigenvalue weighted by Gasteiger charge is -2.07. The maximum absolute atomic E-state index is 11.6. The van der Waals surface area contributed by atoms with Gasteiger partial charge in [0.05, 0.1) is 13.2 Å². The summed E-state index contributed by atoms with van der Waals surface area (Å²) in [5.74, 6) is 0. The van der Waals surface area contributed by atoms with Gasteiger partial charge in [-0.15, -0.1) is 13.2 Å². The van der Waals surface area contributed by atoms with E-state index in [2.05, 4.69) is 4.74 Å². The fourth-order valence-corrected chi connectivity index (χ4v) is 0.880. The lowest BCUT2D eigenvalue weighted by atomic mass is 10.6. The largest absolute Gasteiger partial charge is 0.522 e. The van der Waals surface area contributed by atoms with E-state index >= 15 is 0 Å². The van der Waals surface area contributed by atoms with Crippen molar-refractivity contribution in [3.63, 3.8) is 0 Å². The fraction of sp³-hybridized carbons (Fsp3) is 0.429. The Hall–Kier alpha value is -1.57. The molecule has 0 amide bonds. The van der Waals surface area contributed by atoms with Gasteiger partial charge in [-0.25, -0.2) is 4.79 Å². The van der Waals surface area contributed by atoms with E-state index in [0.717, 1.165) is 16.8 Å². The highest BCUT2D eigenvalue weighted by Crippen LogP contribution is 2.15. The Labute approximate surface area is 81.1 Å². The van der Waals surface area contributed by atoms with Crippen molar-refractivity contribution in [2.24, 2.45) is 0 Å². The second-order valence-electron chi connectivity index (χ2n) is 2.60. The van der Waals surface area contributed by atoms with Crippen molar-refractivity contribution in [1.82, 2.24) is 9.55 Å². The van der Waals surface area contributed by atoms with E-state index in [9.17, 15) is 22.8 Å². The van der Waals surface area contributed by atoms with Crippen LogP contribution in [0.1, 0.15) is 0 Å². The molecule has 1 N–H and O–H groups in total. The number of hydrogen-bond donors (Lipinski definition) is 1. The van der Waals surface area contributed by atoms with Crippen molar-refractivity contribution in [2.45, 2.75) is 12.9 Å². The third-order valence-corrected chi connectivity index (χ3v) is 1.49. The highest BCUT2D eigenvalue weighted by atomic mass is 19.4. The summed E-state index contributed by atoms with van der Waals surface area (Å²) in [6, 6.07) is 1.04. The number of ether oxygens (including phenoxy) is 1. The molecule has 0 aromatic carbocycles. The number of hydrogen-bond acceptors (Lipinski definition) is 3. The van der Waals surface area contributed by atoms with Crippen molar-refractivity contribution in [1.29, 1.82) is 0 Å². The SMILES string of the molecule is O=c1ccn(CCOC(F)(F)F)c(=O)[nH]1. The Morgan fingerprint density at radius 3 is 2.60 bits per heavy atom. The summed E-state index contributed by atoms with van der Waals surface area (Å²) in [5.41, 5.74) is -1.37. The first-order valence-electron chi connectivity index (χ1n) is 3.89. The van der Waals surface area contributed by atoms with Gasteiger partial charge in [0.1, 0.15) is 0 Å². The topological polar surface area (TPSA) is 64.1 Å². The highest BCUT2D eigenvalue weighted by molar-refractivity contribution is 4.82. The molecule has 0 unspecified atom stereocenters. The number of rotatable bonds is 3. The smallest absolute Gasteiger partial charge is 0.298 e. The number of nitrogens with zero attached hydrogens (tertiary/aromatic N) is 1. The van der Waals surface area contributed by atoms with Crippen LogP contribution in [-0.4, -0.2) is 22.5 Å². The van der Waals surface area contributed by atoms with E-state index < -0.39 is 24.2 Å². The minimum atomic E-state index is -4.72. The molecule has 0 aliphatic rings. The van der Waals surface area contributed by atoms with Crippen LogP contribution in [0.2, 0.25) is 0 Å². The summed E-state index contributed by atoms with van der Waals surface area (Å²) >= 11 is 0. The molecule has 1 aromatic heterocycles. The van der Waals surface area contributed by atoms with E-state index in [1.165, 1.54) is 0 Å². The molecule has 0 atom stereocenters. The molecule has 0 spiro atoms. The third-order valence-electron chi connectivity index (χ3n) is 1.49. The molecule has 0 aliphatic carbocycles. The fourth-order valence-electron chi connectivity index (χ4n) is 0.880.